The van der Waals surface area contributed by atoms with Crippen molar-refractivity contribution in [2.75, 3.05) is 33.8 Å². The van der Waals surface area contributed by atoms with Crippen LogP contribution < -0.4 is 14.8 Å². The molecule has 6 nitrogen and oxygen atoms in total. The molecule has 0 aromatic heterocycles. The number of ether oxygens (including phenoxy) is 1. The summed E-state index contributed by atoms with van der Waals surface area (Å²) in [4.78, 5) is 0. The van der Waals surface area contributed by atoms with E-state index in [0.29, 0.717) is 19.6 Å². The Morgan fingerprint density at radius 2 is 2.00 bits per heavy atom. The van der Waals surface area contributed by atoms with Crippen LogP contribution >= 0.6 is 0 Å². The van der Waals surface area contributed by atoms with Gasteiger partial charge in [0.1, 0.15) is 5.75 Å². The van der Waals surface area contributed by atoms with Crippen LogP contribution in [0.15, 0.2) is 24.3 Å². The molecule has 0 aliphatic rings. The van der Waals surface area contributed by atoms with E-state index in [1.165, 1.54) is 4.31 Å². The van der Waals surface area contributed by atoms with Gasteiger partial charge in [-0.3, -0.25) is 0 Å². The highest BCUT2D eigenvalue weighted by Gasteiger charge is 2.17. The number of hydrogen-bond acceptors (Lipinski definition) is 4. The molecule has 0 bridgehead atoms. The highest BCUT2D eigenvalue weighted by Crippen LogP contribution is 2.14. The number of hydrogen-bond donors (Lipinski definition) is 2. The second-order valence-electron chi connectivity index (χ2n) is 4.76. The van der Waals surface area contributed by atoms with Gasteiger partial charge in [-0.05, 0) is 30.7 Å². The number of rotatable bonds is 10. The van der Waals surface area contributed by atoms with Gasteiger partial charge in [-0.15, -0.1) is 0 Å². The number of nitrogens with one attached hydrogen (secondary N) is 2. The third-order valence-corrected chi connectivity index (χ3v) is 4.48. The molecule has 0 aliphatic carbocycles. The van der Waals surface area contributed by atoms with Crippen molar-refractivity contribution in [1.29, 1.82) is 0 Å². The van der Waals surface area contributed by atoms with E-state index in [-0.39, 0.29) is 0 Å². The average Bonchev–Trinajstić information content (AvgIpc) is 2.47. The van der Waals surface area contributed by atoms with Crippen molar-refractivity contribution >= 4 is 10.2 Å². The second-order valence-corrected chi connectivity index (χ2v) is 6.62. The Hall–Kier alpha value is -1.15. The van der Waals surface area contributed by atoms with Crippen molar-refractivity contribution in [1.82, 2.24) is 14.3 Å². The topological polar surface area (TPSA) is 70.7 Å². The molecule has 0 fully saturated rings. The van der Waals surface area contributed by atoms with Crippen LogP contribution in [-0.2, 0) is 16.8 Å². The van der Waals surface area contributed by atoms with Crippen molar-refractivity contribution in [2.45, 2.75) is 19.9 Å². The molecule has 21 heavy (non-hydrogen) atoms. The Morgan fingerprint density at radius 1 is 1.24 bits per heavy atom. The molecule has 0 unspecified atom stereocenters. The van der Waals surface area contributed by atoms with Crippen LogP contribution in [0.5, 0.6) is 5.75 Å². The van der Waals surface area contributed by atoms with E-state index in [1.807, 2.05) is 24.3 Å². The minimum absolute atomic E-state index is 0.301. The van der Waals surface area contributed by atoms with Gasteiger partial charge >= 0.3 is 0 Å². The maximum Gasteiger partial charge on any atom is 0.279 e. The fourth-order valence-electron chi connectivity index (χ4n) is 1.79. The molecule has 120 valence electrons. The Labute approximate surface area is 127 Å². The minimum Gasteiger partial charge on any atom is -0.497 e. The summed E-state index contributed by atoms with van der Waals surface area (Å²) in [7, 11) is -0.318. The van der Waals surface area contributed by atoms with Crippen LogP contribution in [0, 0.1) is 0 Å². The van der Waals surface area contributed by atoms with E-state index < -0.39 is 10.2 Å². The summed E-state index contributed by atoms with van der Waals surface area (Å²) in [5.74, 6) is 0.718. The van der Waals surface area contributed by atoms with Crippen LogP contribution in [0.3, 0.4) is 0 Å². The third-order valence-electron chi connectivity index (χ3n) is 2.96. The molecule has 0 heterocycles. The zero-order valence-electron chi connectivity index (χ0n) is 12.9. The smallest absolute Gasteiger partial charge is 0.279 e. The normalized spacial score (nSPS) is 11.8. The molecule has 1 aromatic carbocycles. The highest BCUT2D eigenvalue weighted by molar-refractivity contribution is 7.87. The first-order valence-corrected chi connectivity index (χ1v) is 8.48. The lowest BCUT2D eigenvalue weighted by Crippen LogP contribution is -2.40. The van der Waals surface area contributed by atoms with Gasteiger partial charge in [-0.1, -0.05) is 19.1 Å². The summed E-state index contributed by atoms with van der Waals surface area (Å²) in [6.45, 7) is 4.26. The standard InChI is InChI=1S/C14H25N3O3S/c1-4-8-15-9-10-16-21(18,19)17(2)12-13-6-5-7-14(11-13)20-3/h5-7,11,15-16H,4,8-10,12H2,1-3H3. The summed E-state index contributed by atoms with van der Waals surface area (Å²) < 4.78 is 33.2. The maximum absolute atomic E-state index is 12.1. The first kappa shape index (κ1) is 17.9. The zero-order valence-corrected chi connectivity index (χ0v) is 13.7. The van der Waals surface area contributed by atoms with Crippen LogP contribution in [0.4, 0.5) is 0 Å². The quantitative estimate of drug-likeness (QED) is 0.631. The molecule has 0 radical (unpaired) electrons. The maximum atomic E-state index is 12.1. The van der Waals surface area contributed by atoms with Gasteiger partial charge in [-0.2, -0.15) is 12.7 Å². The van der Waals surface area contributed by atoms with E-state index in [0.717, 1.165) is 24.3 Å². The average molecular weight is 315 g/mol. The molecule has 7 heteroatoms. The van der Waals surface area contributed by atoms with Gasteiger partial charge in [0.2, 0.25) is 0 Å². The van der Waals surface area contributed by atoms with Crippen molar-refractivity contribution in [2.24, 2.45) is 0 Å². The van der Waals surface area contributed by atoms with E-state index in [9.17, 15) is 8.42 Å². The fourth-order valence-corrected chi connectivity index (χ4v) is 2.69. The van der Waals surface area contributed by atoms with Crippen LogP contribution in [0.2, 0.25) is 0 Å². The van der Waals surface area contributed by atoms with Crippen LogP contribution in [0.1, 0.15) is 18.9 Å². The molecule has 0 saturated heterocycles. The number of benzene rings is 1. The van der Waals surface area contributed by atoms with Crippen LogP contribution in [0.25, 0.3) is 0 Å². The molecular weight excluding hydrogens is 290 g/mol. The number of methoxy groups -OCH3 is 1. The summed E-state index contributed by atoms with van der Waals surface area (Å²) in [5.41, 5.74) is 0.881. The summed E-state index contributed by atoms with van der Waals surface area (Å²) >= 11 is 0. The fraction of sp³-hybridized carbons (Fsp3) is 0.571. The van der Waals surface area contributed by atoms with Gasteiger partial charge in [0.05, 0.1) is 7.11 Å². The summed E-state index contributed by atoms with van der Waals surface area (Å²) in [6, 6.07) is 7.37. The van der Waals surface area contributed by atoms with E-state index in [4.69, 9.17) is 4.74 Å². The third kappa shape index (κ3) is 6.43. The van der Waals surface area contributed by atoms with Gasteiger partial charge in [0.15, 0.2) is 0 Å². The predicted octanol–water partition coefficient (Wildman–Crippen LogP) is 0.961. The summed E-state index contributed by atoms with van der Waals surface area (Å²) in [6.07, 6.45) is 1.03. The van der Waals surface area contributed by atoms with Crippen molar-refractivity contribution in [3.05, 3.63) is 29.8 Å². The van der Waals surface area contributed by atoms with Crippen LogP contribution in [-0.4, -0.2) is 46.5 Å². The molecule has 0 saturated carbocycles. The lowest BCUT2D eigenvalue weighted by molar-refractivity contribution is 0.412. The van der Waals surface area contributed by atoms with E-state index in [1.54, 1.807) is 14.2 Å². The molecule has 0 atom stereocenters. The second kappa shape index (κ2) is 8.99. The highest BCUT2D eigenvalue weighted by atomic mass is 32.2. The summed E-state index contributed by atoms with van der Waals surface area (Å²) in [5, 5.41) is 3.15. The molecule has 2 N–H and O–H groups in total. The first-order chi connectivity index (χ1) is 9.99. The predicted molar refractivity (Wildman–Crippen MR) is 84.5 cm³/mol. The van der Waals surface area contributed by atoms with Gasteiger partial charge in [0, 0.05) is 26.7 Å². The molecule has 1 aromatic rings. The first-order valence-electron chi connectivity index (χ1n) is 7.04. The van der Waals surface area contributed by atoms with Crippen molar-refractivity contribution in [3.63, 3.8) is 0 Å². The molecule has 0 amide bonds. The van der Waals surface area contributed by atoms with Gasteiger partial charge in [-0.25, -0.2) is 4.72 Å². The van der Waals surface area contributed by atoms with E-state index in [2.05, 4.69) is 17.0 Å². The van der Waals surface area contributed by atoms with Crippen molar-refractivity contribution in [3.8, 4) is 5.75 Å². The monoisotopic (exact) mass is 315 g/mol. The Bertz CT molecular complexity index is 520. The Balaban J connectivity index is 2.50. The van der Waals surface area contributed by atoms with Crippen molar-refractivity contribution < 1.29 is 13.2 Å². The largest absolute Gasteiger partial charge is 0.497 e. The van der Waals surface area contributed by atoms with Gasteiger partial charge < -0.3 is 10.1 Å². The molecule has 0 aliphatic heterocycles. The SMILES string of the molecule is CCCNCCNS(=O)(=O)N(C)Cc1cccc(OC)c1. The number of nitrogens with zero attached hydrogens (tertiary/aromatic N) is 1. The van der Waals surface area contributed by atoms with E-state index >= 15 is 0 Å². The minimum atomic E-state index is -3.46. The Kier molecular flexibility index (Phi) is 7.66. The van der Waals surface area contributed by atoms with Gasteiger partial charge in [0.25, 0.3) is 10.2 Å². The molecule has 1 rings (SSSR count). The molecular formula is C14H25N3O3S. The Morgan fingerprint density at radius 3 is 2.67 bits per heavy atom. The molecule has 0 spiro atoms. The lowest BCUT2D eigenvalue weighted by Gasteiger charge is -2.18. The lowest BCUT2D eigenvalue weighted by atomic mass is 10.2. The zero-order chi connectivity index (χ0) is 15.7.